The molecule has 5 heteroatoms. The summed E-state index contributed by atoms with van der Waals surface area (Å²) in [4.78, 5) is 14.4. The Morgan fingerprint density at radius 1 is 1.46 bits per heavy atom. The average Bonchev–Trinajstić information content (AvgIpc) is 2.59. The van der Waals surface area contributed by atoms with Gasteiger partial charge in [-0.25, -0.2) is 0 Å². The molecule has 0 bridgehead atoms. The van der Waals surface area contributed by atoms with Gasteiger partial charge in [0.25, 0.3) is 0 Å². The lowest BCUT2D eigenvalue weighted by atomic mass is 9.70. The van der Waals surface area contributed by atoms with E-state index < -0.39 is 5.91 Å². The average molecular weight is 330 g/mol. The van der Waals surface area contributed by atoms with Crippen LogP contribution in [0.5, 0.6) is 0 Å². The minimum absolute atomic E-state index is 0.0234. The summed E-state index contributed by atoms with van der Waals surface area (Å²) in [6, 6.07) is 6.46. The molecule has 2 atom stereocenters. The van der Waals surface area contributed by atoms with Crippen molar-refractivity contribution < 1.29 is 4.79 Å². The second kappa shape index (κ2) is 8.86. The Kier molecular flexibility index (Phi) is 7.46. The van der Waals surface area contributed by atoms with Crippen molar-refractivity contribution in [3.8, 4) is 0 Å². The fourth-order valence-corrected chi connectivity index (χ4v) is 3.11. The van der Waals surface area contributed by atoms with Crippen molar-refractivity contribution in [2.24, 2.45) is 5.11 Å². The number of hydrogen-bond acceptors (Lipinski definition) is 2. The molecule has 1 N–H and O–H groups in total. The molecule has 2 unspecified atom stereocenters. The second-order valence-electron chi connectivity index (χ2n) is 6.75. The van der Waals surface area contributed by atoms with Crippen LogP contribution in [0.1, 0.15) is 88.3 Å². The molecule has 0 heterocycles. The van der Waals surface area contributed by atoms with Crippen LogP contribution >= 0.6 is 0 Å². The van der Waals surface area contributed by atoms with Gasteiger partial charge in [0.2, 0.25) is 5.91 Å². The molecule has 0 saturated heterocycles. The van der Waals surface area contributed by atoms with E-state index in [9.17, 15) is 4.79 Å². The van der Waals surface area contributed by atoms with Gasteiger partial charge in [0.15, 0.2) is 0 Å². The number of amides is 1. The van der Waals surface area contributed by atoms with Crippen LogP contribution in [0, 0.1) is 0 Å². The molecule has 1 aliphatic carbocycles. The van der Waals surface area contributed by atoms with E-state index in [1.807, 2.05) is 26.0 Å². The van der Waals surface area contributed by atoms with Gasteiger partial charge in [-0.2, -0.15) is 0 Å². The Balaban J connectivity index is 0.00000139. The van der Waals surface area contributed by atoms with E-state index in [0.29, 0.717) is 17.6 Å². The van der Waals surface area contributed by atoms with E-state index in [1.54, 1.807) is 6.07 Å². The third kappa shape index (κ3) is 4.59. The number of benzene rings is 1. The Morgan fingerprint density at radius 2 is 2.12 bits per heavy atom. The van der Waals surface area contributed by atoms with E-state index in [1.165, 1.54) is 11.1 Å². The molecule has 1 aromatic rings. The van der Waals surface area contributed by atoms with Crippen LogP contribution in [-0.4, -0.2) is 11.9 Å². The predicted octanol–water partition coefficient (Wildman–Crippen LogP) is 5.66. The van der Waals surface area contributed by atoms with Crippen LogP contribution in [-0.2, 0) is 5.41 Å². The summed E-state index contributed by atoms with van der Waals surface area (Å²) in [5, 5.41) is 6.87. The number of nitrogens with one attached hydrogen (secondary N) is 1. The monoisotopic (exact) mass is 330 g/mol. The lowest BCUT2D eigenvalue weighted by Gasteiger charge is -2.38. The number of carbonyl (C=O) groups is 1. The van der Waals surface area contributed by atoms with E-state index in [-0.39, 0.29) is 5.41 Å². The summed E-state index contributed by atoms with van der Waals surface area (Å²) in [7, 11) is 0. The molecular formula is C19H30N4O. The van der Waals surface area contributed by atoms with Gasteiger partial charge < -0.3 is 5.32 Å². The highest BCUT2D eigenvalue weighted by Crippen LogP contribution is 2.42. The molecule has 1 aliphatic rings. The maximum Gasteiger partial charge on any atom is 0.249 e. The molecular weight excluding hydrogens is 300 g/mol. The number of azide groups is 1. The highest BCUT2D eigenvalue weighted by Gasteiger charge is 2.33. The summed E-state index contributed by atoms with van der Waals surface area (Å²) >= 11 is 0. The first-order valence-electron chi connectivity index (χ1n) is 8.89. The first kappa shape index (κ1) is 20.2. The molecule has 1 aromatic carbocycles. The molecule has 132 valence electrons. The first-order chi connectivity index (χ1) is 11.4. The number of carbonyl (C=O) groups excluding carboxylic acids is 1. The minimum Gasteiger partial charge on any atom is -0.307 e. The molecule has 0 radical (unpaired) electrons. The lowest BCUT2D eigenvalue weighted by Crippen LogP contribution is -2.36. The van der Waals surface area contributed by atoms with Gasteiger partial charge in [-0.05, 0) is 59.4 Å². The van der Waals surface area contributed by atoms with Crippen molar-refractivity contribution in [2.45, 2.75) is 78.3 Å². The van der Waals surface area contributed by atoms with Crippen LogP contribution in [0.25, 0.3) is 10.4 Å². The summed E-state index contributed by atoms with van der Waals surface area (Å²) in [5.74, 6) is -0.516. The summed E-state index contributed by atoms with van der Waals surface area (Å²) < 4.78 is 0. The predicted molar refractivity (Wildman–Crippen MR) is 99.2 cm³/mol. The van der Waals surface area contributed by atoms with Crippen LogP contribution in [0.4, 0.5) is 0 Å². The highest BCUT2D eigenvalue weighted by molar-refractivity contribution is 5.95. The fourth-order valence-electron chi connectivity index (χ4n) is 3.11. The number of rotatable bonds is 4. The normalized spacial score (nSPS) is 19.2. The summed E-state index contributed by atoms with van der Waals surface area (Å²) in [6.45, 7) is 12.8. The first-order valence-corrected chi connectivity index (χ1v) is 8.89. The van der Waals surface area contributed by atoms with Crippen molar-refractivity contribution in [1.82, 2.24) is 5.32 Å². The highest BCUT2D eigenvalue weighted by atomic mass is 16.1. The quantitative estimate of drug-likeness (QED) is 0.439. The summed E-state index contributed by atoms with van der Waals surface area (Å²) in [5.41, 5.74) is 11.4. The third-order valence-corrected chi connectivity index (χ3v) is 4.70. The fraction of sp³-hybridized carbons (Fsp3) is 0.632. The smallest absolute Gasteiger partial charge is 0.249 e. The second-order valence-corrected chi connectivity index (χ2v) is 6.75. The molecule has 0 saturated carbocycles. The van der Waals surface area contributed by atoms with Gasteiger partial charge in [0.1, 0.15) is 0 Å². The SMILES string of the molecule is CC.CCC(C)NC1CCC(C)(C)c2cc(C(=O)N=[N+]=[N-])ccc21. The standard InChI is InChI=1S/C17H24N4O.C2H6/c1-5-11(2)19-15-8-9-17(3,4)14-10-12(6-7-13(14)15)16(22)20-21-18;1-2/h6-7,10-11,15,19H,5,8-9H2,1-4H3;1-2H3. The zero-order chi connectivity index (χ0) is 18.3. The van der Waals surface area contributed by atoms with Crippen molar-refractivity contribution in [3.05, 3.63) is 45.3 Å². The van der Waals surface area contributed by atoms with Crippen LogP contribution in [0.2, 0.25) is 0 Å². The van der Waals surface area contributed by atoms with E-state index >= 15 is 0 Å². The molecule has 1 amide bonds. The minimum atomic E-state index is -0.516. The largest absolute Gasteiger partial charge is 0.307 e. The van der Waals surface area contributed by atoms with Gasteiger partial charge in [-0.15, -0.1) is 0 Å². The van der Waals surface area contributed by atoms with Crippen LogP contribution in [0.3, 0.4) is 0 Å². The van der Waals surface area contributed by atoms with Gasteiger partial charge >= 0.3 is 0 Å². The molecule has 5 nitrogen and oxygen atoms in total. The van der Waals surface area contributed by atoms with Gasteiger partial charge in [0, 0.05) is 22.6 Å². The molecule has 0 fully saturated rings. The Bertz CT molecular complexity index is 618. The third-order valence-electron chi connectivity index (χ3n) is 4.70. The number of hydrogen-bond donors (Lipinski definition) is 1. The zero-order valence-corrected chi connectivity index (χ0v) is 15.8. The van der Waals surface area contributed by atoms with E-state index in [4.69, 9.17) is 5.53 Å². The van der Waals surface area contributed by atoms with Crippen molar-refractivity contribution in [3.63, 3.8) is 0 Å². The topological polar surface area (TPSA) is 77.9 Å². The van der Waals surface area contributed by atoms with E-state index in [0.717, 1.165) is 19.3 Å². The van der Waals surface area contributed by atoms with Crippen LogP contribution in [0.15, 0.2) is 23.3 Å². The van der Waals surface area contributed by atoms with Gasteiger partial charge in [-0.3, -0.25) is 4.79 Å². The Labute approximate surface area is 145 Å². The Morgan fingerprint density at radius 3 is 2.71 bits per heavy atom. The van der Waals surface area contributed by atoms with E-state index in [2.05, 4.69) is 43.0 Å². The molecule has 24 heavy (non-hydrogen) atoms. The molecule has 0 aromatic heterocycles. The Hall–Kier alpha value is -1.84. The maximum absolute atomic E-state index is 11.8. The van der Waals surface area contributed by atoms with Crippen molar-refractivity contribution in [1.29, 1.82) is 0 Å². The molecule has 0 spiro atoms. The molecule has 0 aliphatic heterocycles. The van der Waals surface area contributed by atoms with Gasteiger partial charge in [-0.1, -0.05) is 46.8 Å². The van der Waals surface area contributed by atoms with Crippen molar-refractivity contribution >= 4 is 5.91 Å². The maximum atomic E-state index is 11.8. The van der Waals surface area contributed by atoms with Gasteiger partial charge in [0.05, 0.1) is 0 Å². The summed E-state index contributed by atoms with van der Waals surface area (Å²) in [6.07, 6.45) is 3.24. The number of fused-ring (bicyclic) bond motifs is 1. The van der Waals surface area contributed by atoms with Crippen molar-refractivity contribution in [2.75, 3.05) is 0 Å². The lowest BCUT2D eigenvalue weighted by molar-refractivity contribution is 0.1000. The van der Waals surface area contributed by atoms with Crippen LogP contribution < -0.4 is 5.32 Å². The zero-order valence-electron chi connectivity index (χ0n) is 15.8. The number of nitrogens with zero attached hydrogens (tertiary/aromatic N) is 3. The molecule has 2 rings (SSSR count).